The molecule has 3 N–H and O–H groups in total. The summed E-state index contributed by atoms with van der Waals surface area (Å²) in [6.07, 6.45) is 1.32. The molecule has 2 aliphatic rings. The van der Waals surface area contributed by atoms with Gasteiger partial charge in [0.05, 0.1) is 11.3 Å². The van der Waals surface area contributed by atoms with E-state index in [-0.39, 0.29) is 5.69 Å². The van der Waals surface area contributed by atoms with E-state index in [4.69, 9.17) is 0 Å². The fourth-order valence-electron chi connectivity index (χ4n) is 4.79. The van der Waals surface area contributed by atoms with Gasteiger partial charge in [-0.2, -0.15) is 4.39 Å². The SMILES string of the molecule is Oc1ccc([C@H](O)CN2C[C@@H]3CC(O)(Cc4ccccc4)C[C@H]3C2)nc1F. The molecule has 0 unspecified atom stereocenters. The third-order valence-electron chi connectivity index (χ3n) is 5.94. The predicted molar refractivity (Wildman–Crippen MR) is 98.6 cm³/mol. The smallest absolute Gasteiger partial charge is 0.255 e. The van der Waals surface area contributed by atoms with Crippen molar-refractivity contribution < 1.29 is 19.7 Å². The number of aliphatic hydroxyl groups excluding tert-OH is 1. The zero-order valence-corrected chi connectivity index (χ0v) is 15.1. The lowest BCUT2D eigenvalue weighted by Crippen LogP contribution is -2.33. The molecule has 1 saturated heterocycles. The van der Waals surface area contributed by atoms with Gasteiger partial charge in [-0.1, -0.05) is 30.3 Å². The third kappa shape index (κ3) is 3.98. The van der Waals surface area contributed by atoms with Crippen LogP contribution in [0, 0.1) is 17.8 Å². The molecule has 6 heteroatoms. The second-order valence-corrected chi connectivity index (χ2v) is 8.10. The number of hydrogen-bond acceptors (Lipinski definition) is 5. The number of pyridine rings is 1. The van der Waals surface area contributed by atoms with E-state index < -0.39 is 23.4 Å². The van der Waals surface area contributed by atoms with Crippen molar-refractivity contribution >= 4 is 0 Å². The summed E-state index contributed by atoms with van der Waals surface area (Å²) in [7, 11) is 0. The molecule has 3 atom stereocenters. The zero-order valence-electron chi connectivity index (χ0n) is 15.1. The average Bonchev–Trinajstić information content (AvgIpc) is 3.11. The Morgan fingerprint density at radius 1 is 1.11 bits per heavy atom. The van der Waals surface area contributed by atoms with Crippen LogP contribution in [0.5, 0.6) is 5.75 Å². The molecule has 2 fully saturated rings. The van der Waals surface area contributed by atoms with Gasteiger partial charge in [0.15, 0.2) is 5.75 Å². The van der Waals surface area contributed by atoms with Crippen LogP contribution in [0.4, 0.5) is 4.39 Å². The zero-order chi connectivity index (χ0) is 19.0. The van der Waals surface area contributed by atoms with Gasteiger partial charge in [-0.15, -0.1) is 0 Å². The minimum Gasteiger partial charge on any atom is -0.504 e. The molecule has 0 bridgehead atoms. The van der Waals surface area contributed by atoms with E-state index in [1.54, 1.807) is 0 Å². The van der Waals surface area contributed by atoms with Gasteiger partial charge in [-0.3, -0.25) is 4.90 Å². The Kier molecular flexibility index (Phi) is 4.88. The summed E-state index contributed by atoms with van der Waals surface area (Å²) >= 11 is 0. The van der Waals surface area contributed by atoms with E-state index in [9.17, 15) is 19.7 Å². The normalized spacial score (nSPS) is 25.4. The summed E-state index contributed by atoms with van der Waals surface area (Å²) < 4.78 is 13.4. The van der Waals surface area contributed by atoms with Crippen molar-refractivity contribution in [2.24, 2.45) is 11.8 Å². The minimum absolute atomic E-state index is 0.225. The van der Waals surface area contributed by atoms with Crippen molar-refractivity contribution in [3.05, 3.63) is 59.7 Å². The number of aromatic hydroxyl groups is 1. The summed E-state index contributed by atoms with van der Waals surface area (Å²) in [5.74, 6) is -0.652. The molecule has 2 heterocycles. The van der Waals surface area contributed by atoms with Gasteiger partial charge in [0.1, 0.15) is 6.10 Å². The van der Waals surface area contributed by atoms with E-state index in [1.807, 2.05) is 18.2 Å². The van der Waals surface area contributed by atoms with Crippen LogP contribution >= 0.6 is 0 Å². The lowest BCUT2D eigenvalue weighted by Gasteiger charge is -2.27. The highest BCUT2D eigenvalue weighted by atomic mass is 19.1. The van der Waals surface area contributed by atoms with Crippen LogP contribution in [0.3, 0.4) is 0 Å². The van der Waals surface area contributed by atoms with Crippen molar-refractivity contribution in [1.82, 2.24) is 9.88 Å². The Balaban J connectivity index is 1.33. The fraction of sp³-hybridized carbons (Fsp3) is 0.476. The van der Waals surface area contributed by atoms with E-state index >= 15 is 0 Å². The van der Waals surface area contributed by atoms with Crippen molar-refractivity contribution in [3.63, 3.8) is 0 Å². The first-order valence-electron chi connectivity index (χ1n) is 9.44. The van der Waals surface area contributed by atoms with Crippen molar-refractivity contribution in [2.75, 3.05) is 19.6 Å². The number of β-amino-alcohol motifs (C(OH)–C–C–N with tert-alkyl or cyclic N) is 1. The number of benzene rings is 1. The molecular weight excluding hydrogens is 347 g/mol. The number of aliphatic hydroxyl groups is 2. The van der Waals surface area contributed by atoms with Crippen LogP contribution in [0.2, 0.25) is 0 Å². The van der Waals surface area contributed by atoms with Crippen LogP contribution in [-0.2, 0) is 6.42 Å². The molecule has 0 amide bonds. The van der Waals surface area contributed by atoms with Crippen molar-refractivity contribution in [1.29, 1.82) is 0 Å². The number of rotatable bonds is 5. The maximum Gasteiger partial charge on any atom is 0.255 e. The van der Waals surface area contributed by atoms with Crippen LogP contribution in [0.25, 0.3) is 0 Å². The standard InChI is InChI=1S/C21H25FN2O3/c22-20-18(25)7-6-17(23-20)19(26)13-24-11-15-9-21(27,10-16(15)12-24)8-14-4-2-1-3-5-14/h1-7,15-16,19,25-27H,8-13H2/t15-,16-,19+/m0/s1. The number of halogens is 1. The molecule has 1 aromatic heterocycles. The number of nitrogens with zero attached hydrogens (tertiary/aromatic N) is 2. The Hall–Kier alpha value is -2.02. The van der Waals surface area contributed by atoms with E-state index in [1.165, 1.54) is 12.1 Å². The molecule has 0 spiro atoms. The van der Waals surface area contributed by atoms with Crippen LogP contribution in [0.1, 0.15) is 30.2 Å². The fourth-order valence-corrected chi connectivity index (χ4v) is 4.79. The summed E-state index contributed by atoms with van der Waals surface area (Å²) in [4.78, 5) is 5.78. The van der Waals surface area contributed by atoms with Gasteiger partial charge in [0.2, 0.25) is 0 Å². The molecule has 144 valence electrons. The van der Waals surface area contributed by atoms with Gasteiger partial charge >= 0.3 is 0 Å². The third-order valence-corrected chi connectivity index (χ3v) is 5.94. The molecule has 1 saturated carbocycles. The summed E-state index contributed by atoms with van der Waals surface area (Å²) in [5.41, 5.74) is 0.735. The minimum atomic E-state index is -0.962. The number of aromatic nitrogens is 1. The quantitative estimate of drug-likeness (QED) is 0.702. The van der Waals surface area contributed by atoms with E-state index in [0.29, 0.717) is 24.8 Å². The average molecular weight is 372 g/mol. The molecule has 1 aromatic carbocycles. The van der Waals surface area contributed by atoms with Crippen LogP contribution in [0.15, 0.2) is 42.5 Å². The highest BCUT2D eigenvalue weighted by Crippen LogP contribution is 2.45. The first-order valence-corrected chi connectivity index (χ1v) is 9.44. The topological polar surface area (TPSA) is 76.8 Å². The Labute approximate surface area is 158 Å². The summed E-state index contributed by atoms with van der Waals surface area (Å²) in [5, 5.41) is 30.6. The second kappa shape index (κ2) is 7.19. The number of fused-ring (bicyclic) bond motifs is 1. The van der Waals surface area contributed by atoms with E-state index in [0.717, 1.165) is 31.5 Å². The molecule has 27 heavy (non-hydrogen) atoms. The van der Waals surface area contributed by atoms with Gasteiger partial charge in [0, 0.05) is 26.1 Å². The first-order chi connectivity index (χ1) is 12.9. The largest absolute Gasteiger partial charge is 0.504 e. The number of hydrogen-bond donors (Lipinski definition) is 3. The van der Waals surface area contributed by atoms with Gasteiger partial charge in [-0.25, -0.2) is 4.98 Å². The number of likely N-dealkylation sites (tertiary alicyclic amines) is 1. The van der Waals surface area contributed by atoms with Gasteiger partial charge in [0.25, 0.3) is 5.95 Å². The molecule has 5 nitrogen and oxygen atoms in total. The van der Waals surface area contributed by atoms with Gasteiger partial charge in [-0.05, 0) is 42.4 Å². The Morgan fingerprint density at radius 2 is 1.78 bits per heavy atom. The molecule has 0 radical (unpaired) electrons. The monoisotopic (exact) mass is 372 g/mol. The van der Waals surface area contributed by atoms with Crippen LogP contribution < -0.4 is 0 Å². The molecule has 1 aliphatic carbocycles. The summed E-state index contributed by atoms with van der Waals surface area (Å²) in [6, 6.07) is 12.7. The van der Waals surface area contributed by atoms with Gasteiger partial charge < -0.3 is 15.3 Å². The second-order valence-electron chi connectivity index (χ2n) is 8.10. The Bertz CT molecular complexity index is 787. The Morgan fingerprint density at radius 3 is 2.41 bits per heavy atom. The van der Waals surface area contributed by atoms with E-state index in [2.05, 4.69) is 22.0 Å². The molecule has 1 aliphatic heterocycles. The summed E-state index contributed by atoms with van der Waals surface area (Å²) in [6.45, 7) is 2.01. The molecule has 2 aromatic rings. The lowest BCUT2D eigenvalue weighted by molar-refractivity contribution is 0.0326. The maximum atomic E-state index is 13.4. The first kappa shape index (κ1) is 18.3. The van der Waals surface area contributed by atoms with Crippen molar-refractivity contribution in [3.8, 4) is 5.75 Å². The van der Waals surface area contributed by atoms with Crippen molar-refractivity contribution in [2.45, 2.75) is 31.0 Å². The molecule has 4 rings (SSSR count). The lowest BCUT2D eigenvalue weighted by atomic mass is 9.91. The highest BCUT2D eigenvalue weighted by molar-refractivity contribution is 5.21. The predicted octanol–water partition coefficient (Wildman–Crippen LogP) is 2.28. The van der Waals surface area contributed by atoms with Crippen LogP contribution in [-0.4, -0.2) is 50.4 Å². The molecular formula is C21H25FN2O3. The maximum absolute atomic E-state index is 13.4. The highest BCUT2D eigenvalue weighted by Gasteiger charge is 2.48.